The number of benzene rings is 1. The number of fused-ring (bicyclic) bond motifs is 1. The summed E-state index contributed by atoms with van der Waals surface area (Å²) < 4.78 is 13.5. The summed E-state index contributed by atoms with van der Waals surface area (Å²) in [5.41, 5.74) is 0.939. The molecule has 20 heavy (non-hydrogen) atoms. The third-order valence-corrected chi connectivity index (χ3v) is 3.43. The van der Waals surface area contributed by atoms with Crippen molar-refractivity contribution in [3.63, 3.8) is 0 Å². The first-order valence-electron chi connectivity index (χ1n) is 6.67. The minimum absolute atomic E-state index is 0.0445. The second kappa shape index (κ2) is 5.50. The van der Waals surface area contributed by atoms with Crippen molar-refractivity contribution in [2.24, 2.45) is 7.05 Å². The van der Waals surface area contributed by atoms with Crippen LogP contribution in [0.2, 0.25) is 0 Å². The van der Waals surface area contributed by atoms with Crippen LogP contribution in [-0.4, -0.2) is 40.8 Å². The molecule has 6 heteroatoms. The summed E-state index contributed by atoms with van der Waals surface area (Å²) >= 11 is 0. The van der Waals surface area contributed by atoms with E-state index in [1.165, 1.54) is 0 Å². The zero-order chi connectivity index (χ0) is 13.9. The quantitative estimate of drug-likeness (QED) is 0.893. The first kappa shape index (κ1) is 12.9. The van der Waals surface area contributed by atoms with Gasteiger partial charge in [0.1, 0.15) is 12.7 Å². The lowest BCUT2D eigenvalue weighted by Gasteiger charge is -2.31. The van der Waals surface area contributed by atoms with Crippen LogP contribution in [0.1, 0.15) is 5.69 Å². The highest BCUT2D eigenvalue weighted by molar-refractivity contribution is 5.40. The molecule has 0 fully saturated rings. The lowest BCUT2D eigenvalue weighted by Crippen LogP contribution is -2.47. The van der Waals surface area contributed by atoms with Gasteiger partial charge in [0.05, 0.1) is 11.7 Å². The van der Waals surface area contributed by atoms with Gasteiger partial charge in [-0.25, -0.2) is 0 Å². The maximum Gasteiger partial charge on any atom is 0.161 e. The SMILES string of the molecule is CNC(Cc1cn(C)nn1)C1COc2ccccc2O1. The number of hydrogen-bond donors (Lipinski definition) is 1. The molecule has 1 aliphatic heterocycles. The second-order valence-corrected chi connectivity index (χ2v) is 4.90. The number of para-hydroxylation sites is 2. The van der Waals surface area contributed by atoms with E-state index in [-0.39, 0.29) is 12.1 Å². The lowest BCUT2D eigenvalue weighted by atomic mass is 10.1. The Balaban J connectivity index is 1.71. The van der Waals surface area contributed by atoms with Crippen molar-refractivity contribution < 1.29 is 9.47 Å². The molecule has 1 N–H and O–H groups in total. The van der Waals surface area contributed by atoms with Crippen molar-refractivity contribution in [1.82, 2.24) is 20.3 Å². The monoisotopic (exact) mass is 274 g/mol. The molecule has 0 saturated carbocycles. The van der Waals surface area contributed by atoms with Gasteiger partial charge in [0.25, 0.3) is 0 Å². The Bertz CT molecular complexity index is 584. The fraction of sp³-hybridized carbons (Fsp3) is 0.429. The lowest BCUT2D eigenvalue weighted by molar-refractivity contribution is 0.0638. The number of rotatable bonds is 4. The molecule has 1 aromatic carbocycles. The average Bonchev–Trinajstić information content (AvgIpc) is 2.89. The number of likely N-dealkylation sites (N-methyl/N-ethyl adjacent to an activating group) is 1. The number of ether oxygens (including phenoxy) is 2. The molecule has 0 spiro atoms. The number of hydrogen-bond acceptors (Lipinski definition) is 5. The summed E-state index contributed by atoms with van der Waals surface area (Å²) in [6.07, 6.45) is 2.62. The average molecular weight is 274 g/mol. The summed E-state index contributed by atoms with van der Waals surface area (Å²) in [5.74, 6) is 1.60. The third kappa shape index (κ3) is 2.60. The molecule has 2 atom stereocenters. The molecule has 0 saturated heterocycles. The molecule has 0 radical (unpaired) electrons. The van der Waals surface area contributed by atoms with E-state index in [0.717, 1.165) is 23.6 Å². The Morgan fingerprint density at radius 2 is 2.20 bits per heavy atom. The molecule has 0 aliphatic carbocycles. The zero-order valence-electron chi connectivity index (χ0n) is 11.6. The van der Waals surface area contributed by atoms with Gasteiger partial charge in [-0.1, -0.05) is 17.3 Å². The largest absolute Gasteiger partial charge is 0.486 e. The van der Waals surface area contributed by atoms with Crippen LogP contribution in [0.4, 0.5) is 0 Å². The van der Waals surface area contributed by atoms with Crippen LogP contribution < -0.4 is 14.8 Å². The highest BCUT2D eigenvalue weighted by atomic mass is 16.6. The van der Waals surface area contributed by atoms with Crippen molar-refractivity contribution in [2.45, 2.75) is 18.6 Å². The molecule has 2 heterocycles. The maximum absolute atomic E-state index is 6.02. The van der Waals surface area contributed by atoms with E-state index in [1.54, 1.807) is 4.68 Å². The van der Waals surface area contributed by atoms with Crippen LogP contribution in [-0.2, 0) is 13.5 Å². The molecule has 3 rings (SSSR count). The van der Waals surface area contributed by atoms with Crippen molar-refractivity contribution >= 4 is 0 Å². The van der Waals surface area contributed by atoms with E-state index in [2.05, 4.69) is 15.6 Å². The minimum Gasteiger partial charge on any atom is -0.486 e. The van der Waals surface area contributed by atoms with Crippen LogP contribution in [0.3, 0.4) is 0 Å². The Labute approximate surface area is 117 Å². The van der Waals surface area contributed by atoms with E-state index in [9.17, 15) is 0 Å². The maximum atomic E-state index is 6.02. The number of nitrogens with zero attached hydrogens (tertiary/aromatic N) is 3. The predicted octanol–water partition coefficient (Wildman–Crippen LogP) is 0.786. The van der Waals surface area contributed by atoms with Gasteiger partial charge in [-0.3, -0.25) is 4.68 Å². The fourth-order valence-corrected chi connectivity index (χ4v) is 2.37. The molecule has 106 valence electrons. The number of aryl methyl sites for hydroxylation is 1. The van der Waals surface area contributed by atoms with Gasteiger partial charge >= 0.3 is 0 Å². The molecule has 2 unspecified atom stereocenters. The molecule has 1 aliphatic rings. The third-order valence-electron chi connectivity index (χ3n) is 3.43. The van der Waals surface area contributed by atoms with Crippen molar-refractivity contribution in [2.75, 3.05) is 13.7 Å². The normalized spacial score (nSPS) is 18.8. The van der Waals surface area contributed by atoms with Crippen LogP contribution in [0.5, 0.6) is 11.5 Å². The summed E-state index contributed by atoms with van der Waals surface area (Å²) in [4.78, 5) is 0. The molecule has 2 aromatic rings. The highest BCUT2D eigenvalue weighted by Gasteiger charge is 2.28. The molecule has 0 amide bonds. The Morgan fingerprint density at radius 3 is 2.90 bits per heavy atom. The molecular formula is C14H18N4O2. The minimum atomic E-state index is -0.0445. The van der Waals surface area contributed by atoms with Gasteiger partial charge in [-0.15, -0.1) is 5.10 Å². The predicted molar refractivity (Wildman–Crippen MR) is 73.9 cm³/mol. The van der Waals surface area contributed by atoms with Crippen molar-refractivity contribution in [3.05, 3.63) is 36.2 Å². The van der Waals surface area contributed by atoms with Crippen LogP contribution in [0, 0.1) is 0 Å². The van der Waals surface area contributed by atoms with Crippen molar-refractivity contribution in [1.29, 1.82) is 0 Å². The first-order chi connectivity index (χ1) is 9.76. The first-order valence-corrected chi connectivity index (χ1v) is 6.67. The van der Waals surface area contributed by atoms with Crippen LogP contribution >= 0.6 is 0 Å². The molecule has 1 aromatic heterocycles. The van der Waals surface area contributed by atoms with Gasteiger partial charge in [0, 0.05) is 19.7 Å². The standard InChI is InChI=1S/C14H18N4O2/c1-15-11(7-10-8-18(2)17-16-10)14-9-19-12-5-3-4-6-13(12)20-14/h3-6,8,11,14-15H,7,9H2,1-2H3. The van der Waals surface area contributed by atoms with Crippen LogP contribution in [0.15, 0.2) is 30.5 Å². The zero-order valence-corrected chi connectivity index (χ0v) is 11.6. The Hall–Kier alpha value is -2.08. The van der Waals surface area contributed by atoms with E-state index in [1.807, 2.05) is 44.6 Å². The van der Waals surface area contributed by atoms with Crippen LogP contribution in [0.25, 0.3) is 0 Å². The van der Waals surface area contributed by atoms with Gasteiger partial charge < -0.3 is 14.8 Å². The van der Waals surface area contributed by atoms with E-state index >= 15 is 0 Å². The smallest absolute Gasteiger partial charge is 0.161 e. The topological polar surface area (TPSA) is 61.2 Å². The summed E-state index contributed by atoms with van der Waals surface area (Å²) in [6, 6.07) is 7.86. The molecule has 0 bridgehead atoms. The number of aromatic nitrogens is 3. The van der Waals surface area contributed by atoms with E-state index in [0.29, 0.717) is 6.61 Å². The van der Waals surface area contributed by atoms with Gasteiger partial charge in [-0.05, 0) is 19.2 Å². The Kier molecular flexibility index (Phi) is 3.56. The van der Waals surface area contributed by atoms with Gasteiger partial charge in [0.2, 0.25) is 0 Å². The second-order valence-electron chi connectivity index (χ2n) is 4.90. The Morgan fingerprint density at radius 1 is 1.40 bits per heavy atom. The molecular weight excluding hydrogens is 256 g/mol. The van der Waals surface area contributed by atoms with E-state index < -0.39 is 0 Å². The van der Waals surface area contributed by atoms with Crippen molar-refractivity contribution in [3.8, 4) is 11.5 Å². The van der Waals surface area contributed by atoms with Gasteiger partial charge in [-0.2, -0.15) is 0 Å². The van der Waals surface area contributed by atoms with E-state index in [4.69, 9.17) is 9.47 Å². The number of nitrogens with one attached hydrogen (secondary N) is 1. The fourth-order valence-electron chi connectivity index (χ4n) is 2.37. The highest BCUT2D eigenvalue weighted by Crippen LogP contribution is 2.31. The molecule has 6 nitrogen and oxygen atoms in total. The summed E-state index contributed by atoms with van der Waals surface area (Å²) in [7, 11) is 3.78. The van der Waals surface area contributed by atoms with Gasteiger partial charge in [0.15, 0.2) is 11.5 Å². The summed E-state index contributed by atoms with van der Waals surface area (Å²) in [6.45, 7) is 0.531. The summed E-state index contributed by atoms with van der Waals surface area (Å²) in [5, 5.41) is 11.3.